The number of ether oxygens (including phenoxy) is 2. The number of rotatable bonds is 12. The summed E-state index contributed by atoms with van der Waals surface area (Å²) >= 11 is 0. The van der Waals surface area contributed by atoms with Crippen molar-refractivity contribution >= 4 is 5.96 Å². The van der Waals surface area contributed by atoms with Gasteiger partial charge in [-0.2, -0.15) is 5.10 Å². The van der Waals surface area contributed by atoms with E-state index in [0.717, 1.165) is 36.7 Å². The normalized spacial score (nSPS) is 11.6. The van der Waals surface area contributed by atoms with Gasteiger partial charge in [0.15, 0.2) is 5.96 Å². The Morgan fingerprint density at radius 1 is 1.07 bits per heavy atom. The van der Waals surface area contributed by atoms with Gasteiger partial charge in [0.05, 0.1) is 31.7 Å². The maximum absolute atomic E-state index is 5.54. The second-order valence-corrected chi connectivity index (χ2v) is 6.06. The van der Waals surface area contributed by atoms with E-state index in [-0.39, 0.29) is 0 Å². The van der Waals surface area contributed by atoms with E-state index in [4.69, 9.17) is 9.47 Å². The van der Waals surface area contributed by atoms with Crippen LogP contribution in [0, 0.1) is 0 Å². The molecule has 1 heterocycles. The van der Waals surface area contributed by atoms with Gasteiger partial charge < -0.3 is 20.1 Å². The molecular formula is C20H31N5O2. The van der Waals surface area contributed by atoms with Crippen LogP contribution in [0.4, 0.5) is 0 Å². The minimum absolute atomic E-state index is 0.615. The Hall–Kier alpha value is -2.38. The van der Waals surface area contributed by atoms with Crippen LogP contribution < -0.4 is 10.6 Å². The van der Waals surface area contributed by atoms with Crippen LogP contribution >= 0.6 is 0 Å². The van der Waals surface area contributed by atoms with Crippen molar-refractivity contribution in [2.75, 3.05) is 40.0 Å². The maximum Gasteiger partial charge on any atom is 0.191 e. The van der Waals surface area contributed by atoms with Crippen molar-refractivity contribution in [3.63, 3.8) is 0 Å². The highest BCUT2D eigenvalue weighted by atomic mass is 16.5. The summed E-state index contributed by atoms with van der Waals surface area (Å²) in [4.78, 5) is 4.22. The highest BCUT2D eigenvalue weighted by Gasteiger charge is 2.02. The van der Waals surface area contributed by atoms with E-state index >= 15 is 0 Å². The van der Waals surface area contributed by atoms with E-state index in [1.807, 2.05) is 47.4 Å². The zero-order valence-electron chi connectivity index (χ0n) is 16.4. The Labute approximate surface area is 161 Å². The van der Waals surface area contributed by atoms with Crippen molar-refractivity contribution < 1.29 is 9.47 Å². The van der Waals surface area contributed by atoms with Crippen LogP contribution in [0.25, 0.3) is 5.69 Å². The van der Waals surface area contributed by atoms with Crippen LogP contribution in [0.15, 0.2) is 47.7 Å². The zero-order chi connectivity index (χ0) is 19.2. The molecule has 0 saturated carbocycles. The van der Waals surface area contributed by atoms with Crippen LogP contribution in [0.1, 0.15) is 25.3 Å². The minimum atomic E-state index is 0.615. The summed E-state index contributed by atoms with van der Waals surface area (Å²) in [6, 6.07) is 10.0. The smallest absolute Gasteiger partial charge is 0.191 e. The first-order chi connectivity index (χ1) is 13.3. The summed E-state index contributed by atoms with van der Waals surface area (Å²) in [6.07, 6.45) is 6.13. The van der Waals surface area contributed by atoms with Gasteiger partial charge in [-0.15, -0.1) is 0 Å². The van der Waals surface area contributed by atoms with Gasteiger partial charge in [0, 0.05) is 38.5 Å². The maximum atomic E-state index is 5.54. The Morgan fingerprint density at radius 3 is 2.59 bits per heavy atom. The molecule has 7 nitrogen and oxygen atoms in total. The average molecular weight is 374 g/mol. The summed E-state index contributed by atoms with van der Waals surface area (Å²) < 4.78 is 12.9. The third-order valence-corrected chi connectivity index (χ3v) is 3.89. The number of hydrogen-bond donors (Lipinski definition) is 2. The summed E-state index contributed by atoms with van der Waals surface area (Å²) in [6.45, 7) is 6.20. The number of guanidine groups is 1. The lowest BCUT2D eigenvalue weighted by Gasteiger charge is -2.11. The molecule has 0 fully saturated rings. The second kappa shape index (κ2) is 12.9. The number of benzene rings is 1. The standard InChI is InChI=1S/C20H31N5O2/c1-3-4-11-26-13-14-27-12-10-22-20(21-2)23-15-18-16-24-25(17-18)19-8-6-5-7-9-19/h5-9,16-17H,3-4,10-15H2,1-2H3,(H2,21,22,23). The number of nitrogens with zero attached hydrogens (tertiary/aromatic N) is 3. The van der Waals surface area contributed by atoms with E-state index in [0.29, 0.717) is 32.9 Å². The van der Waals surface area contributed by atoms with Crippen LogP contribution in [0.5, 0.6) is 0 Å². The molecule has 1 aromatic carbocycles. The Balaban J connectivity index is 1.60. The number of para-hydroxylation sites is 1. The van der Waals surface area contributed by atoms with Gasteiger partial charge in [-0.25, -0.2) is 4.68 Å². The molecule has 2 N–H and O–H groups in total. The lowest BCUT2D eigenvalue weighted by molar-refractivity contribution is 0.0487. The lowest BCUT2D eigenvalue weighted by atomic mass is 10.3. The molecule has 2 aromatic rings. The minimum Gasteiger partial charge on any atom is -0.379 e. The van der Waals surface area contributed by atoms with Crippen molar-refractivity contribution in [1.82, 2.24) is 20.4 Å². The molecule has 1 aromatic heterocycles. The highest BCUT2D eigenvalue weighted by Crippen LogP contribution is 2.07. The first-order valence-corrected chi connectivity index (χ1v) is 9.52. The van der Waals surface area contributed by atoms with Gasteiger partial charge in [-0.3, -0.25) is 4.99 Å². The van der Waals surface area contributed by atoms with Crippen LogP contribution in [0.3, 0.4) is 0 Å². The Morgan fingerprint density at radius 2 is 1.85 bits per heavy atom. The summed E-state index contributed by atoms with van der Waals surface area (Å²) in [5.41, 5.74) is 2.13. The Bertz CT molecular complexity index is 657. The highest BCUT2D eigenvalue weighted by molar-refractivity contribution is 5.79. The van der Waals surface area contributed by atoms with E-state index < -0.39 is 0 Å². The summed E-state index contributed by atoms with van der Waals surface area (Å²) in [5, 5.41) is 10.9. The summed E-state index contributed by atoms with van der Waals surface area (Å²) in [5.74, 6) is 0.741. The number of hydrogen-bond acceptors (Lipinski definition) is 4. The number of aromatic nitrogens is 2. The van der Waals surface area contributed by atoms with E-state index in [1.165, 1.54) is 0 Å². The predicted octanol–water partition coefficient (Wildman–Crippen LogP) is 2.37. The Kier molecular flexibility index (Phi) is 9.99. The van der Waals surface area contributed by atoms with Gasteiger partial charge in [0.2, 0.25) is 0 Å². The molecule has 0 aliphatic heterocycles. The van der Waals surface area contributed by atoms with Crippen molar-refractivity contribution in [3.8, 4) is 5.69 Å². The molecule has 0 bridgehead atoms. The topological polar surface area (TPSA) is 72.7 Å². The fraction of sp³-hybridized carbons (Fsp3) is 0.500. The molecule has 0 amide bonds. The third kappa shape index (κ3) is 8.23. The number of unbranched alkanes of at least 4 members (excludes halogenated alkanes) is 1. The molecular weight excluding hydrogens is 342 g/mol. The zero-order valence-corrected chi connectivity index (χ0v) is 16.4. The molecule has 7 heteroatoms. The molecule has 0 atom stereocenters. The molecule has 0 spiro atoms. The van der Waals surface area contributed by atoms with E-state index in [1.54, 1.807) is 7.05 Å². The van der Waals surface area contributed by atoms with Crippen LogP contribution in [-0.2, 0) is 16.0 Å². The van der Waals surface area contributed by atoms with E-state index in [2.05, 4.69) is 27.6 Å². The predicted molar refractivity (Wildman–Crippen MR) is 108 cm³/mol. The third-order valence-electron chi connectivity index (χ3n) is 3.89. The monoisotopic (exact) mass is 373 g/mol. The first-order valence-electron chi connectivity index (χ1n) is 9.52. The fourth-order valence-electron chi connectivity index (χ4n) is 2.39. The largest absolute Gasteiger partial charge is 0.379 e. The number of nitrogens with one attached hydrogen (secondary N) is 2. The van der Waals surface area contributed by atoms with Crippen molar-refractivity contribution in [2.24, 2.45) is 4.99 Å². The lowest BCUT2D eigenvalue weighted by Crippen LogP contribution is -2.38. The van der Waals surface area contributed by atoms with E-state index in [9.17, 15) is 0 Å². The van der Waals surface area contributed by atoms with Crippen LogP contribution in [-0.4, -0.2) is 55.8 Å². The van der Waals surface area contributed by atoms with Crippen molar-refractivity contribution in [3.05, 3.63) is 48.3 Å². The molecule has 27 heavy (non-hydrogen) atoms. The van der Waals surface area contributed by atoms with Crippen molar-refractivity contribution in [2.45, 2.75) is 26.3 Å². The molecule has 2 rings (SSSR count). The second-order valence-electron chi connectivity index (χ2n) is 6.06. The van der Waals surface area contributed by atoms with Gasteiger partial charge in [0.1, 0.15) is 0 Å². The van der Waals surface area contributed by atoms with Gasteiger partial charge in [-0.05, 0) is 18.6 Å². The molecule has 0 aliphatic carbocycles. The molecule has 0 unspecified atom stereocenters. The quantitative estimate of drug-likeness (QED) is 0.339. The van der Waals surface area contributed by atoms with Gasteiger partial charge in [-0.1, -0.05) is 31.5 Å². The SMILES string of the molecule is CCCCOCCOCCNC(=NC)NCc1cnn(-c2ccccc2)c1. The summed E-state index contributed by atoms with van der Waals surface area (Å²) in [7, 11) is 1.76. The van der Waals surface area contributed by atoms with Gasteiger partial charge >= 0.3 is 0 Å². The first kappa shape index (κ1) is 20.9. The average Bonchev–Trinajstić information content (AvgIpc) is 3.19. The number of aliphatic imine (C=N–C) groups is 1. The fourth-order valence-corrected chi connectivity index (χ4v) is 2.39. The van der Waals surface area contributed by atoms with Gasteiger partial charge in [0.25, 0.3) is 0 Å². The molecule has 148 valence electrons. The molecule has 0 saturated heterocycles. The van der Waals surface area contributed by atoms with Crippen molar-refractivity contribution in [1.29, 1.82) is 0 Å². The molecule has 0 aliphatic rings. The molecule has 0 radical (unpaired) electrons. The van der Waals surface area contributed by atoms with Crippen LogP contribution in [0.2, 0.25) is 0 Å².